The Balaban J connectivity index is 1.59. The van der Waals surface area contributed by atoms with Gasteiger partial charge in [0.1, 0.15) is 16.0 Å². The number of ether oxygens (including phenoxy) is 1. The van der Waals surface area contributed by atoms with Crippen molar-refractivity contribution in [1.82, 2.24) is 10.6 Å². The van der Waals surface area contributed by atoms with Crippen LogP contribution in [0.1, 0.15) is 12.0 Å². The van der Waals surface area contributed by atoms with E-state index in [0.717, 1.165) is 29.1 Å². The van der Waals surface area contributed by atoms with Crippen LogP contribution in [0.25, 0.3) is 6.08 Å². The average molecular weight is 394 g/mol. The van der Waals surface area contributed by atoms with Crippen molar-refractivity contribution in [3.05, 3.63) is 34.7 Å². The van der Waals surface area contributed by atoms with E-state index < -0.39 is 22.4 Å². The molecule has 1 aromatic carbocycles. The third-order valence-corrected chi connectivity index (χ3v) is 5.43. The smallest absolute Gasteiger partial charge is 0.312 e. The van der Waals surface area contributed by atoms with Crippen LogP contribution in [0.15, 0.2) is 29.2 Å². The van der Waals surface area contributed by atoms with E-state index in [9.17, 15) is 19.2 Å². The fourth-order valence-electron chi connectivity index (χ4n) is 2.06. The molecule has 0 radical (unpaired) electrons. The van der Waals surface area contributed by atoms with Gasteiger partial charge < -0.3 is 10.1 Å². The van der Waals surface area contributed by atoms with Crippen LogP contribution in [0, 0.1) is 0 Å². The molecule has 1 aromatic rings. The van der Waals surface area contributed by atoms with E-state index in [1.165, 1.54) is 0 Å². The zero-order valence-corrected chi connectivity index (χ0v) is 14.9. The molecule has 3 rings (SSSR count). The molecule has 2 heterocycles. The highest BCUT2D eigenvalue weighted by molar-refractivity contribution is 8.19. The summed E-state index contributed by atoms with van der Waals surface area (Å²) in [4.78, 5) is 46.6. The molecule has 2 saturated heterocycles. The maximum Gasteiger partial charge on any atom is 0.312 e. The van der Waals surface area contributed by atoms with Crippen molar-refractivity contribution in [3.63, 3.8) is 0 Å². The third-order valence-electron chi connectivity index (χ3n) is 3.17. The molecule has 0 saturated carbocycles. The Morgan fingerprint density at radius 3 is 2.44 bits per heavy atom. The number of esters is 1. The highest BCUT2D eigenvalue weighted by Crippen LogP contribution is 2.27. The second-order valence-corrected chi connectivity index (χ2v) is 7.58. The number of thiocarbonyl (C=S) groups is 1. The second-order valence-electron chi connectivity index (χ2n) is 4.98. The SMILES string of the molecule is O=C(C[C@@H]1SC(=O)NC1=O)Oc1ccc(/C=C2\SC(=O)NC2=S)cc1. The summed E-state index contributed by atoms with van der Waals surface area (Å²) < 4.78 is 5.16. The van der Waals surface area contributed by atoms with Crippen LogP contribution in [-0.4, -0.2) is 32.6 Å². The minimum Gasteiger partial charge on any atom is -0.426 e. The number of hydrogen-bond acceptors (Lipinski definition) is 8. The van der Waals surface area contributed by atoms with Gasteiger partial charge in [-0.2, -0.15) is 0 Å². The van der Waals surface area contributed by atoms with Crippen LogP contribution in [-0.2, 0) is 9.59 Å². The normalized spacial score (nSPS) is 21.4. The van der Waals surface area contributed by atoms with Crippen molar-refractivity contribution in [1.29, 1.82) is 0 Å². The lowest BCUT2D eigenvalue weighted by molar-refractivity contribution is -0.135. The van der Waals surface area contributed by atoms with Crippen LogP contribution in [0.3, 0.4) is 0 Å². The quantitative estimate of drug-likeness (QED) is 0.348. The zero-order valence-electron chi connectivity index (χ0n) is 12.4. The summed E-state index contributed by atoms with van der Waals surface area (Å²) in [7, 11) is 0. The van der Waals surface area contributed by atoms with Gasteiger partial charge in [0, 0.05) is 0 Å². The first kappa shape index (κ1) is 17.6. The summed E-state index contributed by atoms with van der Waals surface area (Å²) in [5.74, 6) is -0.768. The Hall–Kier alpha value is -2.17. The molecule has 0 unspecified atom stereocenters. The predicted molar refractivity (Wildman–Crippen MR) is 98.3 cm³/mol. The fourth-order valence-corrected chi connectivity index (χ4v) is 3.89. The molecule has 0 aromatic heterocycles. The van der Waals surface area contributed by atoms with E-state index in [2.05, 4.69) is 10.6 Å². The first-order valence-corrected chi connectivity index (χ1v) is 9.08. The van der Waals surface area contributed by atoms with Crippen LogP contribution < -0.4 is 15.4 Å². The van der Waals surface area contributed by atoms with Gasteiger partial charge >= 0.3 is 5.97 Å². The first-order chi connectivity index (χ1) is 11.9. The number of imide groups is 1. The Kier molecular flexibility index (Phi) is 5.21. The molecule has 128 valence electrons. The number of rotatable bonds is 4. The fraction of sp³-hybridized carbons (Fsp3) is 0.133. The van der Waals surface area contributed by atoms with Crippen molar-refractivity contribution in [3.8, 4) is 5.75 Å². The molecule has 2 N–H and O–H groups in total. The molecule has 2 aliphatic rings. The number of carbonyl (C=O) groups is 4. The number of carbonyl (C=O) groups excluding carboxylic acids is 4. The number of hydrogen-bond donors (Lipinski definition) is 2. The topological polar surface area (TPSA) is 102 Å². The summed E-state index contributed by atoms with van der Waals surface area (Å²) in [6.45, 7) is 0. The Labute approximate surface area is 155 Å². The molecule has 0 spiro atoms. The molecule has 1 atom stereocenters. The molecule has 3 amide bonds. The minimum atomic E-state index is -0.755. The van der Waals surface area contributed by atoms with Crippen LogP contribution in [0.2, 0.25) is 0 Å². The largest absolute Gasteiger partial charge is 0.426 e. The van der Waals surface area contributed by atoms with Crippen molar-refractivity contribution < 1.29 is 23.9 Å². The maximum absolute atomic E-state index is 11.9. The lowest BCUT2D eigenvalue weighted by atomic mass is 10.2. The second kappa shape index (κ2) is 7.38. The minimum absolute atomic E-state index is 0.188. The van der Waals surface area contributed by atoms with Crippen LogP contribution in [0.5, 0.6) is 5.75 Å². The molecule has 10 heteroatoms. The Bertz CT molecular complexity index is 819. The Morgan fingerprint density at radius 1 is 1.16 bits per heavy atom. The van der Waals surface area contributed by atoms with E-state index >= 15 is 0 Å². The highest BCUT2D eigenvalue weighted by Gasteiger charge is 2.33. The van der Waals surface area contributed by atoms with E-state index in [0.29, 0.717) is 15.6 Å². The number of nitrogens with one attached hydrogen (secondary N) is 2. The number of thioether (sulfide) groups is 2. The van der Waals surface area contributed by atoms with Crippen LogP contribution >= 0.6 is 35.7 Å². The van der Waals surface area contributed by atoms with Gasteiger partial charge in [0.05, 0.1) is 11.3 Å². The van der Waals surface area contributed by atoms with E-state index in [1.807, 2.05) is 0 Å². The van der Waals surface area contributed by atoms with Gasteiger partial charge in [0.2, 0.25) is 5.91 Å². The predicted octanol–water partition coefficient (Wildman–Crippen LogP) is 2.46. The van der Waals surface area contributed by atoms with Gasteiger partial charge in [-0.15, -0.1) is 0 Å². The Morgan fingerprint density at radius 2 is 1.88 bits per heavy atom. The lowest BCUT2D eigenvalue weighted by Crippen LogP contribution is -2.27. The first-order valence-electron chi connectivity index (χ1n) is 6.98. The average Bonchev–Trinajstić information content (AvgIpc) is 3.02. The molecule has 0 bridgehead atoms. The molecular formula is C15H10N2O5S3. The lowest BCUT2D eigenvalue weighted by Gasteiger charge is -2.06. The van der Waals surface area contributed by atoms with Gasteiger partial charge in [-0.25, -0.2) is 0 Å². The summed E-state index contributed by atoms with van der Waals surface area (Å²) >= 11 is 6.83. The van der Waals surface area contributed by atoms with Crippen molar-refractivity contribution in [2.24, 2.45) is 0 Å². The number of amides is 3. The van der Waals surface area contributed by atoms with E-state index in [-0.39, 0.29) is 11.7 Å². The van der Waals surface area contributed by atoms with E-state index in [4.69, 9.17) is 17.0 Å². The monoisotopic (exact) mass is 394 g/mol. The molecule has 2 aliphatic heterocycles. The molecule has 25 heavy (non-hydrogen) atoms. The summed E-state index contributed by atoms with van der Waals surface area (Å²) in [5.41, 5.74) is 0.789. The summed E-state index contributed by atoms with van der Waals surface area (Å²) in [6, 6.07) is 6.61. The molecular weight excluding hydrogens is 384 g/mol. The highest BCUT2D eigenvalue weighted by atomic mass is 32.2. The number of benzene rings is 1. The molecule has 7 nitrogen and oxygen atoms in total. The molecule has 2 fully saturated rings. The van der Waals surface area contributed by atoms with Crippen molar-refractivity contribution >= 4 is 69.2 Å². The van der Waals surface area contributed by atoms with Crippen molar-refractivity contribution in [2.75, 3.05) is 0 Å². The van der Waals surface area contributed by atoms with Gasteiger partial charge in [0.15, 0.2) is 0 Å². The van der Waals surface area contributed by atoms with Gasteiger partial charge in [-0.1, -0.05) is 36.1 Å². The van der Waals surface area contributed by atoms with Crippen molar-refractivity contribution in [2.45, 2.75) is 11.7 Å². The molecule has 0 aliphatic carbocycles. The third kappa shape index (κ3) is 4.47. The van der Waals surface area contributed by atoms with Gasteiger partial charge in [0.25, 0.3) is 10.5 Å². The maximum atomic E-state index is 11.9. The van der Waals surface area contributed by atoms with E-state index in [1.54, 1.807) is 30.3 Å². The van der Waals surface area contributed by atoms with Gasteiger partial charge in [-0.3, -0.25) is 24.5 Å². The van der Waals surface area contributed by atoms with Crippen LogP contribution in [0.4, 0.5) is 9.59 Å². The standard InChI is InChI=1S/C15H10N2O5S3/c18-11(6-9-12(19)16-14(20)24-9)22-8-3-1-7(2-4-8)5-10-13(23)17-15(21)25-10/h1-5,9H,6H2,(H,16,19,20)(H,17,21,23)/b10-5-/t9-/m0/s1. The summed E-state index contributed by atoms with van der Waals surface area (Å²) in [5, 5.41) is 3.21. The zero-order chi connectivity index (χ0) is 18.0. The summed E-state index contributed by atoms with van der Waals surface area (Å²) in [6.07, 6.45) is 1.56. The van der Waals surface area contributed by atoms with Gasteiger partial charge in [-0.05, 0) is 35.5 Å².